The van der Waals surface area contributed by atoms with Crippen molar-refractivity contribution in [3.05, 3.63) is 59.9 Å². The lowest BCUT2D eigenvalue weighted by Gasteiger charge is -2.09. The Kier molecular flexibility index (Phi) is 5.40. The van der Waals surface area contributed by atoms with Crippen molar-refractivity contribution >= 4 is 21.6 Å². The molecule has 0 amide bonds. The number of halogens is 1. The first kappa shape index (κ1) is 18.2. The minimum Gasteiger partial charge on any atom is -0.497 e. The lowest BCUT2D eigenvalue weighted by Crippen LogP contribution is -2.24. The molecule has 3 aromatic rings. The fourth-order valence-electron chi connectivity index (χ4n) is 2.11. The second kappa shape index (κ2) is 7.73. The quantitative estimate of drug-likeness (QED) is 0.641. The summed E-state index contributed by atoms with van der Waals surface area (Å²) in [5.74, 6) is 0.546. The maximum absolute atomic E-state index is 12.3. The molecule has 0 fully saturated rings. The minimum absolute atomic E-state index is 0.0292. The highest BCUT2D eigenvalue weighted by molar-refractivity contribution is 7.89. The van der Waals surface area contributed by atoms with E-state index < -0.39 is 10.0 Å². The number of methoxy groups -OCH3 is 1. The van der Waals surface area contributed by atoms with Crippen LogP contribution in [0.2, 0.25) is 5.28 Å². The molecule has 3 heterocycles. The Bertz CT molecular complexity index is 998. The first-order valence-electron chi connectivity index (χ1n) is 7.41. The molecular weight excluding hydrogens is 378 g/mol. The smallest absolute Gasteiger partial charge is 0.243 e. The third-order valence-corrected chi connectivity index (χ3v) is 4.92. The summed E-state index contributed by atoms with van der Waals surface area (Å²) in [7, 11) is -2.28. The van der Waals surface area contributed by atoms with Crippen LogP contribution in [0.15, 0.2) is 53.8 Å². The molecule has 0 unspecified atom stereocenters. The van der Waals surface area contributed by atoms with Crippen molar-refractivity contribution in [3.8, 4) is 17.1 Å². The van der Waals surface area contributed by atoms with E-state index in [4.69, 9.17) is 16.3 Å². The molecule has 3 rings (SSSR count). The van der Waals surface area contributed by atoms with E-state index in [-0.39, 0.29) is 16.7 Å². The first-order valence-corrected chi connectivity index (χ1v) is 9.27. The molecule has 0 aliphatic carbocycles. The van der Waals surface area contributed by atoms with Gasteiger partial charge in [-0.1, -0.05) is 6.07 Å². The average Bonchev–Trinajstić information content (AvgIpc) is 2.67. The molecule has 0 saturated carbocycles. The molecule has 0 spiro atoms. The number of hydrogen-bond acceptors (Lipinski definition) is 7. The van der Waals surface area contributed by atoms with E-state index in [9.17, 15) is 8.42 Å². The molecule has 3 aromatic heterocycles. The van der Waals surface area contributed by atoms with E-state index in [0.29, 0.717) is 22.8 Å². The molecular formula is C16H14ClN5O3S. The number of nitrogens with zero attached hydrogens (tertiary/aromatic N) is 4. The van der Waals surface area contributed by atoms with Crippen LogP contribution in [0, 0.1) is 0 Å². The van der Waals surface area contributed by atoms with Crippen LogP contribution in [0.1, 0.15) is 5.69 Å². The fraction of sp³-hybridized carbons (Fsp3) is 0.125. The number of rotatable bonds is 6. The van der Waals surface area contributed by atoms with Crippen molar-refractivity contribution in [1.82, 2.24) is 24.7 Å². The van der Waals surface area contributed by atoms with Gasteiger partial charge in [-0.3, -0.25) is 4.98 Å². The molecule has 0 aromatic carbocycles. The summed E-state index contributed by atoms with van der Waals surface area (Å²) in [4.78, 5) is 15.9. The van der Waals surface area contributed by atoms with Crippen LogP contribution in [0.5, 0.6) is 5.75 Å². The van der Waals surface area contributed by atoms with Gasteiger partial charge in [-0.25, -0.2) is 28.1 Å². The van der Waals surface area contributed by atoms with Crippen LogP contribution >= 0.6 is 11.6 Å². The number of pyridine rings is 2. The summed E-state index contributed by atoms with van der Waals surface area (Å²) in [5, 5.41) is -0.0292. The van der Waals surface area contributed by atoms with Gasteiger partial charge >= 0.3 is 0 Å². The molecule has 134 valence electrons. The van der Waals surface area contributed by atoms with Crippen molar-refractivity contribution < 1.29 is 13.2 Å². The minimum atomic E-state index is -3.80. The predicted octanol–water partition coefficient (Wildman–Crippen LogP) is 2.07. The van der Waals surface area contributed by atoms with Crippen molar-refractivity contribution in [2.75, 3.05) is 7.11 Å². The van der Waals surface area contributed by atoms with Crippen LogP contribution in [0.3, 0.4) is 0 Å². The second-order valence-electron chi connectivity index (χ2n) is 5.11. The highest BCUT2D eigenvalue weighted by Gasteiger charge is 2.16. The molecule has 0 saturated heterocycles. The van der Waals surface area contributed by atoms with Gasteiger partial charge in [0.05, 0.1) is 43.1 Å². The van der Waals surface area contributed by atoms with Gasteiger partial charge in [0.2, 0.25) is 15.3 Å². The van der Waals surface area contributed by atoms with Crippen molar-refractivity contribution in [2.45, 2.75) is 11.4 Å². The van der Waals surface area contributed by atoms with Gasteiger partial charge in [0.25, 0.3) is 0 Å². The molecule has 0 atom stereocenters. The van der Waals surface area contributed by atoms with Crippen LogP contribution in [-0.2, 0) is 16.6 Å². The topological polar surface area (TPSA) is 107 Å². The average molecular weight is 392 g/mol. The van der Waals surface area contributed by atoms with Crippen LogP contribution in [0.25, 0.3) is 11.4 Å². The van der Waals surface area contributed by atoms with E-state index in [0.717, 1.165) is 12.4 Å². The van der Waals surface area contributed by atoms with E-state index in [1.165, 1.54) is 7.11 Å². The number of ether oxygens (including phenoxy) is 1. The number of hydrogen-bond donors (Lipinski definition) is 1. The Morgan fingerprint density at radius 3 is 2.54 bits per heavy atom. The Balaban J connectivity index is 1.84. The van der Waals surface area contributed by atoms with Gasteiger partial charge in [-0.05, 0) is 23.7 Å². The van der Waals surface area contributed by atoms with Gasteiger partial charge in [-0.15, -0.1) is 0 Å². The summed E-state index contributed by atoms with van der Waals surface area (Å²) in [6.45, 7) is -0.0397. The molecule has 0 radical (unpaired) electrons. The zero-order chi connectivity index (χ0) is 18.6. The number of sulfonamides is 1. The summed E-state index contributed by atoms with van der Waals surface area (Å²) in [6, 6.07) is 8.82. The van der Waals surface area contributed by atoms with E-state index in [1.54, 1.807) is 30.5 Å². The summed E-state index contributed by atoms with van der Waals surface area (Å²) in [5.41, 5.74) is 1.71. The highest BCUT2D eigenvalue weighted by Crippen LogP contribution is 2.21. The Labute approximate surface area is 155 Å². The van der Waals surface area contributed by atoms with Crippen LogP contribution in [-0.4, -0.2) is 35.5 Å². The Morgan fingerprint density at radius 2 is 1.88 bits per heavy atom. The zero-order valence-corrected chi connectivity index (χ0v) is 15.2. The van der Waals surface area contributed by atoms with E-state index in [1.807, 2.05) is 6.07 Å². The molecule has 1 N–H and O–H groups in total. The second-order valence-corrected chi connectivity index (χ2v) is 7.22. The zero-order valence-electron chi connectivity index (χ0n) is 13.6. The normalized spacial score (nSPS) is 11.3. The molecule has 8 nitrogen and oxygen atoms in total. The van der Waals surface area contributed by atoms with Gasteiger partial charge < -0.3 is 4.74 Å². The van der Waals surface area contributed by atoms with Gasteiger partial charge in [-0.2, -0.15) is 0 Å². The van der Waals surface area contributed by atoms with Gasteiger partial charge in [0, 0.05) is 18.3 Å². The summed E-state index contributed by atoms with van der Waals surface area (Å²) in [6.07, 6.45) is 3.92. The van der Waals surface area contributed by atoms with Gasteiger partial charge in [0.1, 0.15) is 10.6 Å². The molecule has 0 bridgehead atoms. The highest BCUT2D eigenvalue weighted by atomic mass is 35.5. The summed E-state index contributed by atoms with van der Waals surface area (Å²) >= 11 is 5.58. The monoisotopic (exact) mass is 391 g/mol. The SMILES string of the molecule is COc1cc(CNS(=O)(=O)c2cnc(Cl)nc2)nc(-c2ccccn2)c1. The Hall–Kier alpha value is -2.62. The van der Waals surface area contributed by atoms with Crippen LogP contribution < -0.4 is 9.46 Å². The van der Waals surface area contributed by atoms with Gasteiger partial charge in [0.15, 0.2) is 0 Å². The third kappa shape index (κ3) is 4.31. The lowest BCUT2D eigenvalue weighted by molar-refractivity contribution is 0.413. The van der Waals surface area contributed by atoms with E-state index >= 15 is 0 Å². The lowest BCUT2D eigenvalue weighted by atomic mass is 10.2. The van der Waals surface area contributed by atoms with Crippen molar-refractivity contribution in [3.63, 3.8) is 0 Å². The van der Waals surface area contributed by atoms with E-state index in [2.05, 4.69) is 24.7 Å². The van der Waals surface area contributed by atoms with Crippen molar-refractivity contribution in [1.29, 1.82) is 0 Å². The van der Waals surface area contributed by atoms with Crippen LogP contribution in [0.4, 0.5) is 0 Å². The standard InChI is InChI=1S/C16H14ClN5O3S/c1-25-12-6-11(22-15(7-12)14-4-2-3-5-18-14)8-21-26(23,24)13-9-19-16(17)20-10-13/h2-7,9-10,21H,8H2,1H3. The largest absolute Gasteiger partial charge is 0.497 e. The number of nitrogens with one attached hydrogen (secondary N) is 1. The first-order chi connectivity index (χ1) is 12.5. The predicted molar refractivity (Wildman–Crippen MR) is 95.1 cm³/mol. The maximum atomic E-state index is 12.3. The molecule has 0 aliphatic heterocycles. The maximum Gasteiger partial charge on any atom is 0.243 e. The van der Waals surface area contributed by atoms with Crippen molar-refractivity contribution in [2.24, 2.45) is 0 Å². The molecule has 10 heteroatoms. The fourth-order valence-corrected chi connectivity index (χ4v) is 3.09. The Morgan fingerprint density at radius 1 is 1.12 bits per heavy atom. The molecule has 0 aliphatic rings. The molecule has 26 heavy (non-hydrogen) atoms. The summed E-state index contributed by atoms with van der Waals surface area (Å²) < 4.78 is 32.4. The third-order valence-electron chi connectivity index (χ3n) is 3.37. The number of aromatic nitrogens is 4.